The van der Waals surface area contributed by atoms with Crippen molar-refractivity contribution in [3.05, 3.63) is 94.0 Å². The standard InChI is InChI=1S/C29H32Cl2N2O4/c1-4-20(2)32-29(35)25(16-21-10-6-5-7-11-21)33(18-22-14-15-23(30)17-24(22)31)28(34)19-37-27-13-9-8-12-26(27)36-3/h5-15,17,20,25H,4,16,18-19H2,1-3H3,(H,32,35)/t20-,25-/m0/s1. The normalized spacial score (nSPS) is 12.4. The molecule has 0 bridgehead atoms. The third-order valence-electron chi connectivity index (χ3n) is 6.05. The summed E-state index contributed by atoms with van der Waals surface area (Å²) in [7, 11) is 1.54. The molecule has 37 heavy (non-hydrogen) atoms. The molecule has 2 atom stereocenters. The van der Waals surface area contributed by atoms with Gasteiger partial charge >= 0.3 is 0 Å². The highest BCUT2D eigenvalue weighted by atomic mass is 35.5. The summed E-state index contributed by atoms with van der Waals surface area (Å²) in [6.07, 6.45) is 1.09. The van der Waals surface area contributed by atoms with Gasteiger partial charge in [0, 0.05) is 29.1 Å². The average Bonchev–Trinajstić information content (AvgIpc) is 2.90. The second kappa shape index (κ2) is 13.9. The van der Waals surface area contributed by atoms with Crippen LogP contribution in [-0.4, -0.2) is 42.5 Å². The number of hydrogen-bond donors (Lipinski definition) is 1. The molecule has 3 rings (SSSR count). The van der Waals surface area contributed by atoms with Gasteiger partial charge in [-0.3, -0.25) is 9.59 Å². The molecule has 8 heteroatoms. The zero-order valence-corrected chi connectivity index (χ0v) is 22.8. The van der Waals surface area contributed by atoms with Crippen LogP contribution in [0.5, 0.6) is 11.5 Å². The van der Waals surface area contributed by atoms with Crippen molar-refractivity contribution in [2.75, 3.05) is 13.7 Å². The van der Waals surface area contributed by atoms with Gasteiger partial charge in [0.2, 0.25) is 5.91 Å². The molecule has 0 aliphatic rings. The number of ether oxygens (including phenoxy) is 2. The molecule has 3 aromatic carbocycles. The Bertz CT molecular complexity index is 1190. The molecular weight excluding hydrogens is 511 g/mol. The minimum atomic E-state index is -0.795. The lowest BCUT2D eigenvalue weighted by atomic mass is 10.0. The van der Waals surface area contributed by atoms with Crippen molar-refractivity contribution >= 4 is 35.0 Å². The van der Waals surface area contributed by atoms with E-state index in [4.69, 9.17) is 32.7 Å². The third-order valence-corrected chi connectivity index (χ3v) is 6.64. The van der Waals surface area contributed by atoms with E-state index in [1.165, 1.54) is 12.0 Å². The molecule has 0 aromatic heterocycles. The van der Waals surface area contributed by atoms with Crippen molar-refractivity contribution in [1.82, 2.24) is 10.2 Å². The molecule has 0 aliphatic heterocycles. The first kappa shape index (κ1) is 28.4. The molecule has 0 fully saturated rings. The number of amides is 2. The number of methoxy groups -OCH3 is 1. The lowest BCUT2D eigenvalue weighted by molar-refractivity contribution is -0.143. The van der Waals surface area contributed by atoms with Crippen molar-refractivity contribution < 1.29 is 19.1 Å². The summed E-state index contributed by atoms with van der Waals surface area (Å²) in [6.45, 7) is 3.75. The first-order valence-electron chi connectivity index (χ1n) is 12.2. The van der Waals surface area contributed by atoms with Gasteiger partial charge in [0.1, 0.15) is 6.04 Å². The molecule has 0 radical (unpaired) electrons. The van der Waals surface area contributed by atoms with Gasteiger partial charge in [0.05, 0.1) is 7.11 Å². The average molecular weight is 543 g/mol. The van der Waals surface area contributed by atoms with Gasteiger partial charge < -0.3 is 19.7 Å². The summed E-state index contributed by atoms with van der Waals surface area (Å²) in [5.74, 6) is 0.343. The van der Waals surface area contributed by atoms with Crippen LogP contribution in [0.3, 0.4) is 0 Å². The molecule has 0 spiro atoms. The van der Waals surface area contributed by atoms with Gasteiger partial charge in [-0.05, 0) is 48.7 Å². The van der Waals surface area contributed by atoms with Crippen LogP contribution in [0.25, 0.3) is 0 Å². The predicted molar refractivity (Wildman–Crippen MR) is 147 cm³/mol. The predicted octanol–water partition coefficient (Wildman–Crippen LogP) is 5.94. The van der Waals surface area contributed by atoms with Crippen LogP contribution < -0.4 is 14.8 Å². The summed E-state index contributed by atoms with van der Waals surface area (Å²) in [4.78, 5) is 28.8. The maximum Gasteiger partial charge on any atom is 0.261 e. The van der Waals surface area contributed by atoms with Gasteiger partial charge in [-0.2, -0.15) is 0 Å². The number of rotatable bonds is 12. The van der Waals surface area contributed by atoms with Crippen LogP contribution in [0.4, 0.5) is 0 Å². The first-order valence-corrected chi connectivity index (χ1v) is 12.9. The second-order valence-electron chi connectivity index (χ2n) is 8.72. The van der Waals surface area contributed by atoms with E-state index >= 15 is 0 Å². The van der Waals surface area contributed by atoms with Gasteiger partial charge in [0.15, 0.2) is 18.1 Å². The summed E-state index contributed by atoms with van der Waals surface area (Å²) >= 11 is 12.6. The highest BCUT2D eigenvalue weighted by molar-refractivity contribution is 6.35. The lowest BCUT2D eigenvalue weighted by Crippen LogP contribution is -2.53. The number of carbonyl (C=O) groups is 2. The molecule has 0 saturated heterocycles. The van der Waals surface area contributed by atoms with Crippen LogP contribution in [0.15, 0.2) is 72.8 Å². The molecule has 0 unspecified atom stereocenters. The SMILES string of the molecule is CC[C@H](C)NC(=O)[C@H](Cc1ccccc1)N(Cc1ccc(Cl)cc1Cl)C(=O)COc1ccccc1OC. The van der Waals surface area contributed by atoms with Crippen molar-refractivity contribution in [3.8, 4) is 11.5 Å². The summed E-state index contributed by atoms with van der Waals surface area (Å²) in [5, 5.41) is 3.94. The van der Waals surface area contributed by atoms with Crippen LogP contribution in [0.1, 0.15) is 31.4 Å². The molecular formula is C29H32Cl2N2O4. The zero-order chi connectivity index (χ0) is 26.8. The minimum absolute atomic E-state index is 0.0494. The summed E-state index contributed by atoms with van der Waals surface area (Å²) < 4.78 is 11.2. The Morgan fingerprint density at radius 3 is 2.30 bits per heavy atom. The summed E-state index contributed by atoms with van der Waals surface area (Å²) in [6, 6.07) is 20.9. The number of para-hydroxylation sites is 2. The van der Waals surface area contributed by atoms with Gasteiger partial charge in [-0.25, -0.2) is 0 Å². The number of nitrogens with zero attached hydrogens (tertiary/aromatic N) is 1. The first-order chi connectivity index (χ1) is 17.8. The Morgan fingerprint density at radius 2 is 1.65 bits per heavy atom. The maximum absolute atomic E-state index is 13.7. The van der Waals surface area contributed by atoms with E-state index in [-0.39, 0.29) is 31.0 Å². The van der Waals surface area contributed by atoms with E-state index in [1.807, 2.05) is 50.2 Å². The van der Waals surface area contributed by atoms with Crippen LogP contribution in [0, 0.1) is 0 Å². The van der Waals surface area contributed by atoms with Crippen molar-refractivity contribution in [3.63, 3.8) is 0 Å². The largest absolute Gasteiger partial charge is 0.493 e. The van der Waals surface area contributed by atoms with E-state index < -0.39 is 6.04 Å². The Hall–Kier alpha value is -3.22. The lowest BCUT2D eigenvalue weighted by Gasteiger charge is -2.32. The number of nitrogens with one attached hydrogen (secondary N) is 1. The van der Waals surface area contributed by atoms with Gasteiger partial charge in [0.25, 0.3) is 5.91 Å². The molecule has 0 aliphatic carbocycles. The molecule has 0 saturated carbocycles. The maximum atomic E-state index is 13.7. The molecule has 3 aromatic rings. The van der Waals surface area contributed by atoms with Crippen LogP contribution in [0.2, 0.25) is 10.0 Å². The fourth-order valence-corrected chi connectivity index (χ4v) is 4.26. The molecule has 0 heterocycles. The van der Waals surface area contributed by atoms with E-state index in [1.54, 1.807) is 36.4 Å². The summed E-state index contributed by atoms with van der Waals surface area (Å²) in [5.41, 5.74) is 1.60. The molecule has 6 nitrogen and oxygen atoms in total. The highest BCUT2D eigenvalue weighted by Gasteiger charge is 2.31. The fourth-order valence-electron chi connectivity index (χ4n) is 3.79. The Kier molecular flexibility index (Phi) is 10.7. The number of carbonyl (C=O) groups excluding carboxylic acids is 2. The minimum Gasteiger partial charge on any atom is -0.493 e. The number of hydrogen-bond acceptors (Lipinski definition) is 4. The van der Waals surface area contributed by atoms with E-state index in [9.17, 15) is 9.59 Å². The smallest absolute Gasteiger partial charge is 0.261 e. The van der Waals surface area contributed by atoms with Gasteiger partial charge in [-0.15, -0.1) is 0 Å². The van der Waals surface area contributed by atoms with Crippen molar-refractivity contribution in [2.45, 2.75) is 45.3 Å². The fraction of sp³-hybridized carbons (Fsp3) is 0.310. The van der Waals surface area contributed by atoms with Gasteiger partial charge in [-0.1, -0.05) is 78.7 Å². The Balaban J connectivity index is 1.96. The molecule has 196 valence electrons. The molecule has 2 amide bonds. The quantitative estimate of drug-likeness (QED) is 0.307. The second-order valence-corrected chi connectivity index (χ2v) is 9.56. The van der Waals surface area contributed by atoms with Crippen LogP contribution in [-0.2, 0) is 22.6 Å². The van der Waals surface area contributed by atoms with E-state index in [0.29, 0.717) is 33.5 Å². The van der Waals surface area contributed by atoms with Crippen LogP contribution >= 0.6 is 23.2 Å². The van der Waals surface area contributed by atoms with E-state index in [0.717, 1.165) is 12.0 Å². The Labute approximate surface area is 228 Å². The van der Waals surface area contributed by atoms with Crippen molar-refractivity contribution in [1.29, 1.82) is 0 Å². The van der Waals surface area contributed by atoms with E-state index in [2.05, 4.69) is 5.32 Å². The third kappa shape index (κ3) is 8.14. The zero-order valence-electron chi connectivity index (χ0n) is 21.2. The monoisotopic (exact) mass is 542 g/mol. The Morgan fingerprint density at radius 1 is 0.973 bits per heavy atom. The number of benzene rings is 3. The highest BCUT2D eigenvalue weighted by Crippen LogP contribution is 2.27. The van der Waals surface area contributed by atoms with Crippen molar-refractivity contribution in [2.24, 2.45) is 0 Å². The molecule has 1 N–H and O–H groups in total. The number of halogens is 2. The topological polar surface area (TPSA) is 67.9 Å².